The molecule has 0 aliphatic carbocycles. The Morgan fingerprint density at radius 2 is 1.89 bits per heavy atom. The first-order valence-electron chi connectivity index (χ1n) is 11.7. The number of nitrogens with zero attached hydrogens (tertiary/aromatic N) is 6. The van der Waals surface area contributed by atoms with Gasteiger partial charge in [-0.15, -0.1) is 0 Å². The molecule has 0 spiro atoms. The van der Waals surface area contributed by atoms with Crippen LogP contribution in [0.4, 0.5) is 4.39 Å². The van der Waals surface area contributed by atoms with Gasteiger partial charge in [0.05, 0.1) is 28.7 Å². The summed E-state index contributed by atoms with van der Waals surface area (Å²) in [6, 6.07) is 18.6. The first kappa shape index (κ1) is 21.2. The number of hydrogen-bond acceptors (Lipinski definition) is 5. The largest absolute Gasteiger partial charge is 0.319 e. The van der Waals surface area contributed by atoms with Gasteiger partial charge in [0.15, 0.2) is 5.82 Å². The van der Waals surface area contributed by atoms with E-state index in [4.69, 9.17) is 4.98 Å². The van der Waals surface area contributed by atoms with Gasteiger partial charge in [0, 0.05) is 22.9 Å². The molecule has 2 aliphatic rings. The Kier molecular flexibility index (Phi) is 4.26. The molecule has 0 fully saturated rings. The van der Waals surface area contributed by atoms with Crippen LogP contribution in [0.3, 0.4) is 0 Å². The van der Waals surface area contributed by atoms with Crippen LogP contribution in [0.1, 0.15) is 35.5 Å². The second-order valence-corrected chi connectivity index (χ2v) is 12.9. The zero-order valence-corrected chi connectivity index (χ0v) is 20.4. The van der Waals surface area contributed by atoms with Gasteiger partial charge in [-0.1, -0.05) is 24.3 Å². The van der Waals surface area contributed by atoms with Gasteiger partial charge in [-0.25, -0.2) is 19.0 Å². The molecule has 0 unspecified atom stereocenters. The summed E-state index contributed by atoms with van der Waals surface area (Å²) in [5, 5.41) is 14.7. The van der Waals surface area contributed by atoms with Gasteiger partial charge < -0.3 is 9.13 Å². The third-order valence-corrected chi connectivity index (χ3v) is 8.83. The lowest BCUT2D eigenvalue weighted by Crippen LogP contribution is -2.13. The van der Waals surface area contributed by atoms with Gasteiger partial charge >= 0.3 is 0 Å². The lowest BCUT2D eigenvalue weighted by molar-refractivity contribution is 0.504. The van der Waals surface area contributed by atoms with Crippen molar-refractivity contribution in [2.75, 3.05) is 13.3 Å². The molecular formula is C27H20FN6OP. The molecule has 0 N–H and O–H groups in total. The Hall–Kier alpha value is -4.08. The monoisotopic (exact) mass is 494 g/mol. The lowest BCUT2D eigenvalue weighted by Gasteiger charge is -2.19. The van der Waals surface area contributed by atoms with Crippen LogP contribution in [0.2, 0.25) is 0 Å². The van der Waals surface area contributed by atoms with Crippen LogP contribution in [-0.4, -0.2) is 37.6 Å². The van der Waals surface area contributed by atoms with Crippen LogP contribution in [0, 0.1) is 17.1 Å². The fraction of sp³-hybridized carbons (Fsp3) is 0.185. The summed E-state index contributed by atoms with van der Waals surface area (Å²) in [4.78, 5) is 9.48. The third kappa shape index (κ3) is 2.84. The van der Waals surface area contributed by atoms with Crippen molar-refractivity contribution in [3.8, 4) is 28.6 Å². The summed E-state index contributed by atoms with van der Waals surface area (Å²) in [5.41, 5.74) is 5.73. The van der Waals surface area contributed by atoms with Gasteiger partial charge in [-0.05, 0) is 54.8 Å². The van der Waals surface area contributed by atoms with Gasteiger partial charge in [0.1, 0.15) is 31.2 Å². The zero-order chi connectivity index (χ0) is 24.8. The normalized spacial score (nSPS) is 17.8. The van der Waals surface area contributed by atoms with Crippen molar-refractivity contribution in [1.29, 1.82) is 5.26 Å². The van der Waals surface area contributed by atoms with Crippen molar-refractivity contribution in [1.82, 2.24) is 24.3 Å². The molecule has 2 aromatic heterocycles. The maximum Gasteiger partial charge on any atom is 0.159 e. The summed E-state index contributed by atoms with van der Waals surface area (Å²) in [7, 11) is -2.71. The molecule has 7 nitrogen and oxygen atoms in total. The van der Waals surface area contributed by atoms with Crippen molar-refractivity contribution >= 4 is 23.5 Å². The number of rotatable bonds is 2. The summed E-state index contributed by atoms with van der Waals surface area (Å²) in [5.74, 6) is 1.16. The van der Waals surface area contributed by atoms with E-state index in [-0.39, 0.29) is 17.4 Å². The maximum atomic E-state index is 14.8. The number of fused-ring (bicyclic) bond motifs is 6. The quantitative estimate of drug-likeness (QED) is 0.318. The van der Waals surface area contributed by atoms with Crippen LogP contribution in [0.25, 0.3) is 33.5 Å². The first-order chi connectivity index (χ1) is 17.3. The molecule has 2 bridgehead atoms. The highest BCUT2D eigenvalue weighted by Crippen LogP contribution is 2.50. The molecule has 0 saturated carbocycles. The van der Waals surface area contributed by atoms with Crippen molar-refractivity contribution in [3.63, 3.8) is 0 Å². The minimum Gasteiger partial charge on any atom is -0.319 e. The smallest absolute Gasteiger partial charge is 0.159 e. The molecule has 36 heavy (non-hydrogen) atoms. The van der Waals surface area contributed by atoms with E-state index in [1.165, 1.54) is 6.07 Å². The van der Waals surface area contributed by atoms with E-state index in [1.54, 1.807) is 25.7 Å². The van der Waals surface area contributed by atoms with Gasteiger partial charge in [-0.2, -0.15) is 10.4 Å². The van der Waals surface area contributed by atoms with Crippen LogP contribution >= 0.6 is 7.14 Å². The average Bonchev–Trinajstić information content (AvgIpc) is 3.54. The molecule has 5 aromatic rings. The van der Waals surface area contributed by atoms with Crippen LogP contribution in [0.5, 0.6) is 0 Å². The number of aromatic nitrogens is 5. The highest BCUT2D eigenvalue weighted by atomic mass is 31.2. The Morgan fingerprint density at radius 1 is 1.08 bits per heavy atom. The van der Waals surface area contributed by atoms with Gasteiger partial charge in [-0.3, -0.25) is 0 Å². The fourth-order valence-electron chi connectivity index (χ4n) is 5.74. The topological polar surface area (TPSA) is 89.4 Å². The van der Waals surface area contributed by atoms with Crippen molar-refractivity contribution < 1.29 is 8.96 Å². The molecule has 3 aromatic carbocycles. The van der Waals surface area contributed by atoms with Crippen molar-refractivity contribution in [2.24, 2.45) is 0 Å². The highest BCUT2D eigenvalue weighted by molar-refractivity contribution is 7.70. The zero-order valence-electron chi connectivity index (χ0n) is 19.6. The fourth-order valence-corrected chi connectivity index (χ4v) is 6.76. The summed E-state index contributed by atoms with van der Waals surface area (Å²) < 4.78 is 31.4. The van der Waals surface area contributed by atoms with E-state index in [0.29, 0.717) is 11.1 Å². The van der Waals surface area contributed by atoms with E-state index >= 15 is 0 Å². The average molecular weight is 494 g/mol. The number of benzene rings is 3. The number of halogens is 1. The Balaban J connectivity index is 1.46. The molecule has 0 amide bonds. The van der Waals surface area contributed by atoms with E-state index < -0.39 is 13.0 Å². The van der Waals surface area contributed by atoms with Crippen LogP contribution in [-0.2, 0) is 4.57 Å². The first-order valence-corrected chi connectivity index (χ1v) is 14.3. The van der Waals surface area contributed by atoms with Crippen LogP contribution in [0.15, 0.2) is 60.9 Å². The Bertz CT molecular complexity index is 1820. The molecule has 0 saturated heterocycles. The molecule has 2 atom stereocenters. The minimum absolute atomic E-state index is 0.107. The summed E-state index contributed by atoms with van der Waals surface area (Å²) in [6.45, 7) is 3.14. The van der Waals surface area contributed by atoms with E-state index in [9.17, 15) is 14.2 Å². The molecule has 176 valence electrons. The SMILES string of the molecule is CP(C)(=O)c1ccc(-c2ccc3nc4n(c3c2)[C@@H]2C[C@@H]4n3ncnc3-c3cccc(C#N)c32)cc1F. The molecule has 2 aliphatic heterocycles. The molecule has 4 heterocycles. The molecule has 0 radical (unpaired) electrons. The van der Waals surface area contributed by atoms with Gasteiger partial charge in [0.25, 0.3) is 0 Å². The Morgan fingerprint density at radius 3 is 2.67 bits per heavy atom. The number of hydrogen-bond donors (Lipinski definition) is 0. The summed E-state index contributed by atoms with van der Waals surface area (Å²) in [6.07, 6.45) is 2.27. The van der Waals surface area contributed by atoms with Crippen molar-refractivity contribution in [3.05, 3.63) is 83.7 Å². The third-order valence-electron chi connectivity index (χ3n) is 7.30. The van der Waals surface area contributed by atoms with Gasteiger partial charge in [0.2, 0.25) is 0 Å². The minimum atomic E-state index is -2.71. The Labute approximate surface area is 206 Å². The second kappa shape index (κ2) is 7.22. The predicted octanol–water partition coefficient (Wildman–Crippen LogP) is 5.12. The number of nitriles is 1. The lowest BCUT2D eigenvalue weighted by atomic mass is 9.93. The molecule has 9 heteroatoms. The predicted molar refractivity (Wildman–Crippen MR) is 135 cm³/mol. The summed E-state index contributed by atoms with van der Waals surface area (Å²) >= 11 is 0. The maximum absolute atomic E-state index is 14.8. The molecular weight excluding hydrogens is 474 g/mol. The van der Waals surface area contributed by atoms with Crippen molar-refractivity contribution in [2.45, 2.75) is 18.5 Å². The second-order valence-electron chi connectivity index (χ2n) is 9.73. The van der Waals surface area contributed by atoms with Crippen LogP contribution < -0.4 is 5.30 Å². The molecule has 7 rings (SSSR count). The van der Waals surface area contributed by atoms with E-state index in [2.05, 4.69) is 20.7 Å². The number of imidazole rings is 1. The highest BCUT2D eigenvalue weighted by Gasteiger charge is 2.42. The van der Waals surface area contributed by atoms with E-state index in [1.807, 2.05) is 47.1 Å². The standard InChI is InChI=1S/C27H20FN6OP/c1-36(2,35)24-9-7-15(10-19(24)28)16-6-8-20-21(11-16)33-22-12-23(27(33)32-20)34-26(30-14-31-34)18-5-3-4-17(13-29)25(18)22/h3-11,14,22-23H,12H2,1-2H3/t22-,23+/m1/s1. The van der Waals surface area contributed by atoms with E-state index in [0.717, 1.165) is 45.8 Å².